The van der Waals surface area contributed by atoms with Gasteiger partial charge in [-0.1, -0.05) is 0 Å². The Hall–Kier alpha value is -1.10. The summed E-state index contributed by atoms with van der Waals surface area (Å²) < 4.78 is 0. The van der Waals surface area contributed by atoms with Gasteiger partial charge in [0.2, 0.25) is 11.8 Å². The number of likely N-dealkylation sites (N-methyl/N-ethyl adjacent to an activating group) is 1. The highest BCUT2D eigenvalue weighted by molar-refractivity contribution is 5.83. The van der Waals surface area contributed by atoms with Crippen molar-refractivity contribution in [3.63, 3.8) is 0 Å². The average molecular weight is 241 g/mol. The molecule has 1 unspecified atom stereocenters. The molecule has 0 saturated carbocycles. The fraction of sp³-hybridized carbons (Fsp3) is 0.833. The van der Waals surface area contributed by atoms with Crippen LogP contribution >= 0.6 is 0 Å². The Morgan fingerprint density at radius 2 is 1.94 bits per heavy atom. The smallest absolute Gasteiger partial charge is 0.239 e. The Balaban J connectivity index is 2.29. The summed E-state index contributed by atoms with van der Waals surface area (Å²) in [4.78, 5) is 27.0. The number of hydrogen-bond acceptors (Lipinski definition) is 3. The van der Waals surface area contributed by atoms with Crippen molar-refractivity contribution in [2.45, 2.75) is 32.7 Å². The van der Waals surface area contributed by atoms with Crippen LogP contribution < -0.4 is 5.32 Å². The summed E-state index contributed by atoms with van der Waals surface area (Å²) in [6, 6.07) is -0.300. The Labute approximate surface area is 103 Å². The lowest BCUT2D eigenvalue weighted by atomic mass is 10.3. The first-order valence-electron chi connectivity index (χ1n) is 6.32. The number of rotatable bonds is 5. The summed E-state index contributed by atoms with van der Waals surface area (Å²) in [6.07, 6.45) is 2.19. The van der Waals surface area contributed by atoms with Crippen LogP contribution in [0.25, 0.3) is 0 Å². The molecule has 1 aliphatic rings. The zero-order valence-corrected chi connectivity index (χ0v) is 11.0. The first-order chi connectivity index (χ1) is 8.06. The lowest BCUT2D eigenvalue weighted by Crippen LogP contribution is -2.46. The second kappa shape index (κ2) is 6.59. The first kappa shape index (κ1) is 14.0. The van der Waals surface area contributed by atoms with Gasteiger partial charge in [0.1, 0.15) is 0 Å². The average Bonchev–Trinajstić information content (AvgIpc) is 2.87. The third-order valence-electron chi connectivity index (χ3n) is 3.24. The van der Waals surface area contributed by atoms with Crippen LogP contribution in [0.1, 0.15) is 26.7 Å². The van der Waals surface area contributed by atoms with Crippen LogP contribution in [0.3, 0.4) is 0 Å². The molecule has 2 amide bonds. The van der Waals surface area contributed by atoms with Gasteiger partial charge in [0, 0.05) is 26.7 Å². The van der Waals surface area contributed by atoms with Crippen molar-refractivity contribution in [2.24, 2.45) is 0 Å². The molecule has 0 spiro atoms. The fourth-order valence-corrected chi connectivity index (χ4v) is 1.89. The number of carbonyl (C=O) groups is 2. The predicted octanol–water partition coefficient (Wildman–Crippen LogP) is 0.0652. The standard InChI is InChI=1S/C12H23N3O2/c1-4-14(3)12(17)10(2)13-9-11(16)15-7-5-6-8-15/h10,13H,4-9H2,1-3H3. The number of nitrogens with zero attached hydrogens (tertiary/aromatic N) is 2. The van der Waals surface area contributed by atoms with Gasteiger partial charge in [-0.25, -0.2) is 0 Å². The molecule has 1 fully saturated rings. The van der Waals surface area contributed by atoms with Crippen LogP contribution in [0.2, 0.25) is 0 Å². The molecular formula is C12H23N3O2. The summed E-state index contributed by atoms with van der Waals surface area (Å²) in [5, 5.41) is 2.99. The van der Waals surface area contributed by atoms with Gasteiger partial charge in [-0.3, -0.25) is 14.9 Å². The number of carbonyl (C=O) groups excluding carboxylic acids is 2. The maximum absolute atomic E-state index is 11.8. The van der Waals surface area contributed by atoms with Gasteiger partial charge < -0.3 is 9.80 Å². The predicted molar refractivity (Wildman–Crippen MR) is 66.6 cm³/mol. The van der Waals surface area contributed by atoms with Gasteiger partial charge >= 0.3 is 0 Å². The zero-order chi connectivity index (χ0) is 12.8. The van der Waals surface area contributed by atoms with E-state index in [1.807, 2.05) is 11.8 Å². The number of nitrogens with one attached hydrogen (secondary N) is 1. The summed E-state index contributed by atoms with van der Waals surface area (Å²) >= 11 is 0. The summed E-state index contributed by atoms with van der Waals surface area (Å²) in [6.45, 7) is 6.39. The minimum absolute atomic E-state index is 0.0294. The SMILES string of the molecule is CCN(C)C(=O)C(C)NCC(=O)N1CCCC1. The Morgan fingerprint density at radius 1 is 1.35 bits per heavy atom. The second-order valence-electron chi connectivity index (χ2n) is 4.54. The summed E-state index contributed by atoms with van der Waals surface area (Å²) in [7, 11) is 1.77. The summed E-state index contributed by atoms with van der Waals surface area (Å²) in [5.41, 5.74) is 0. The van der Waals surface area contributed by atoms with E-state index >= 15 is 0 Å². The molecule has 1 N–H and O–H groups in total. The molecule has 0 aromatic rings. The molecular weight excluding hydrogens is 218 g/mol. The second-order valence-corrected chi connectivity index (χ2v) is 4.54. The molecule has 1 aliphatic heterocycles. The van der Waals surface area contributed by atoms with Gasteiger partial charge in [-0.15, -0.1) is 0 Å². The summed E-state index contributed by atoms with van der Waals surface area (Å²) in [5.74, 6) is 0.128. The molecule has 1 atom stereocenters. The Kier molecular flexibility index (Phi) is 5.41. The van der Waals surface area contributed by atoms with Crippen molar-refractivity contribution in [1.82, 2.24) is 15.1 Å². The largest absolute Gasteiger partial charge is 0.345 e. The van der Waals surface area contributed by atoms with Gasteiger partial charge in [-0.2, -0.15) is 0 Å². The van der Waals surface area contributed by atoms with Crippen molar-refractivity contribution in [3.05, 3.63) is 0 Å². The molecule has 0 aliphatic carbocycles. The topological polar surface area (TPSA) is 52.7 Å². The van der Waals surface area contributed by atoms with E-state index in [1.54, 1.807) is 18.9 Å². The van der Waals surface area contributed by atoms with Crippen LogP contribution in [-0.4, -0.2) is 60.9 Å². The lowest BCUT2D eigenvalue weighted by Gasteiger charge is -2.22. The van der Waals surface area contributed by atoms with Crippen molar-refractivity contribution in [1.29, 1.82) is 0 Å². The molecule has 1 rings (SSSR count). The third kappa shape index (κ3) is 4.00. The quantitative estimate of drug-likeness (QED) is 0.741. The molecule has 0 aromatic carbocycles. The van der Waals surface area contributed by atoms with Crippen molar-refractivity contribution in [3.8, 4) is 0 Å². The highest BCUT2D eigenvalue weighted by Crippen LogP contribution is 2.06. The Bertz CT molecular complexity index is 275. The molecule has 0 aromatic heterocycles. The minimum atomic E-state index is -0.300. The molecule has 17 heavy (non-hydrogen) atoms. The van der Waals surface area contributed by atoms with Gasteiger partial charge in [-0.05, 0) is 26.7 Å². The van der Waals surface area contributed by atoms with E-state index in [2.05, 4.69) is 5.32 Å². The van der Waals surface area contributed by atoms with E-state index in [-0.39, 0.29) is 24.4 Å². The highest BCUT2D eigenvalue weighted by Gasteiger charge is 2.20. The van der Waals surface area contributed by atoms with Crippen molar-refractivity contribution >= 4 is 11.8 Å². The first-order valence-corrected chi connectivity index (χ1v) is 6.32. The normalized spacial score (nSPS) is 17.0. The number of amides is 2. The van der Waals surface area contributed by atoms with Crippen molar-refractivity contribution < 1.29 is 9.59 Å². The van der Waals surface area contributed by atoms with Crippen molar-refractivity contribution in [2.75, 3.05) is 33.2 Å². The lowest BCUT2D eigenvalue weighted by molar-refractivity contribution is -0.132. The van der Waals surface area contributed by atoms with Crippen LogP contribution in [0, 0.1) is 0 Å². The molecule has 0 radical (unpaired) electrons. The van der Waals surface area contributed by atoms with Crippen LogP contribution in [0.4, 0.5) is 0 Å². The van der Waals surface area contributed by atoms with E-state index in [4.69, 9.17) is 0 Å². The van der Waals surface area contributed by atoms with Crippen LogP contribution in [0.5, 0.6) is 0 Å². The highest BCUT2D eigenvalue weighted by atomic mass is 16.2. The maximum atomic E-state index is 11.8. The van der Waals surface area contributed by atoms with Gasteiger partial charge in [0.05, 0.1) is 12.6 Å². The molecule has 5 heteroatoms. The van der Waals surface area contributed by atoms with E-state index in [0.29, 0.717) is 6.54 Å². The fourth-order valence-electron chi connectivity index (χ4n) is 1.89. The number of hydrogen-bond donors (Lipinski definition) is 1. The number of likely N-dealkylation sites (tertiary alicyclic amines) is 1. The molecule has 1 saturated heterocycles. The van der Waals surface area contributed by atoms with E-state index in [9.17, 15) is 9.59 Å². The zero-order valence-electron chi connectivity index (χ0n) is 11.0. The molecule has 1 heterocycles. The van der Waals surface area contributed by atoms with Gasteiger partial charge in [0.25, 0.3) is 0 Å². The van der Waals surface area contributed by atoms with Gasteiger partial charge in [0.15, 0.2) is 0 Å². The third-order valence-corrected chi connectivity index (χ3v) is 3.24. The molecule has 5 nitrogen and oxygen atoms in total. The van der Waals surface area contributed by atoms with E-state index in [0.717, 1.165) is 25.9 Å². The Morgan fingerprint density at radius 3 is 2.47 bits per heavy atom. The van der Waals surface area contributed by atoms with E-state index < -0.39 is 0 Å². The molecule has 0 bridgehead atoms. The molecule has 98 valence electrons. The monoisotopic (exact) mass is 241 g/mol. The van der Waals surface area contributed by atoms with Crippen LogP contribution in [-0.2, 0) is 9.59 Å². The van der Waals surface area contributed by atoms with Crippen LogP contribution in [0.15, 0.2) is 0 Å². The minimum Gasteiger partial charge on any atom is -0.345 e. The van der Waals surface area contributed by atoms with E-state index in [1.165, 1.54) is 0 Å². The maximum Gasteiger partial charge on any atom is 0.239 e.